The Bertz CT molecular complexity index is 733. The Labute approximate surface area is 170 Å². The maximum absolute atomic E-state index is 12.7. The topological polar surface area (TPSA) is 108 Å². The maximum atomic E-state index is 12.7. The van der Waals surface area contributed by atoms with Crippen LogP contribution >= 0.6 is 0 Å². The molecule has 0 aliphatic heterocycles. The van der Waals surface area contributed by atoms with E-state index in [4.69, 9.17) is 4.74 Å². The molecule has 1 aromatic rings. The number of carbonyl (C=O) groups is 4. The van der Waals surface area contributed by atoms with Crippen molar-refractivity contribution >= 4 is 23.8 Å². The van der Waals surface area contributed by atoms with Crippen LogP contribution in [0.25, 0.3) is 0 Å². The number of hydrogen-bond donors (Lipinski definition) is 1. The Balaban J connectivity index is 3.15. The lowest BCUT2D eigenvalue weighted by Crippen LogP contribution is -2.51. The van der Waals surface area contributed by atoms with E-state index < -0.39 is 41.7 Å². The van der Waals surface area contributed by atoms with E-state index in [1.807, 2.05) is 12.1 Å². The van der Waals surface area contributed by atoms with E-state index in [-0.39, 0.29) is 5.41 Å². The molecule has 0 aliphatic rings. The largest absolute Gasteiger partial charge is 0.468 e. The van der Waals surface area contributed by atoms with Crippen molar-refractivity contribution in [3.05, 3.63) is 35.4 Å². The highest BCUT2D eigenvalue weighted by molar-refractivity contribution is 5.99. The lowest BCUT2D eigenvalue weighted by Gasteiger charge is -2.27. The number of nitrogens with one attached hydrogen (secondary N) is 1. The first-order valence-corrected chi connectivity index (χ1v) is 9.12. The molecule has 0 aromatic heterocycles. The van der Waals surface area contributed by atoms with Crippen LogP contribution in [-0.2, 0) is 34.0 Å². The molecule has 0 bridgehead atoms. The second kappa shape index (κ2) is 10.0. The summed E-state index contributed by atoms with van der Waals surface area (Å²) in [6.07, 6.45) is 0. The van der Waals surface area contributed by atoms with E-state index in [0.717, 1.165) is 26.9 Å². The normalized spacial score (nSPS) is 13.2. The predicted molar refractivity (Wildman–Crippen MR) is 105 cm³/mol. The second-order valence-corrected chi connectivity index (χ2v) is 7.68. The first-order valence-electron chi connectivity index (χ1n) is 9.12. The summed E-state index contributed by atoms with van der Waals surface area (Å²) in [6.45, 7) is 7.62. The van der Waals surface area contributed by atoms with Crippen molar-refractivity contribution in [1.29, 1.82) is 0 Å². The van der Waals surface area contributed by atoms with Crippen LogP contribution in [0.15, 0.2) is 24.3 Å². The number of esters is 3. The van der Waals surface area contributed by atoms with E-state index >= 15 is 0 Å². The molecule has 0 heterocycles. The van der Waals surface area contributed by atoms with Gasteiger partial charge in [-0.1, -0.05) is 39.8 Å². The van der Waals surface area contributed by atoms with Gasteiger partial charge in [-0.15, -0.1) is 0 Å². The number of amides is 1. The lowest BCUT2D eigenvalue weighted by molar-refractivity contribution is -0.162. The number of ether oxygens (including phenoxy) is 3. The van der Waals surface area contributed by atoms with Crippen LogP contribution in [0.3, 0.4) is 0 Å². The first kappa shape index (κ1) is 24.1. The van der Waals surface area contributed by atoms with Gasteiger partial charge in [-0.3, -0.25) is 14.4 Å². The zero-order valence-corrected chi connectivity index (χ0v) is 17.9. The molecular formula is C21H29NO7. The molecule has 8 nitrogen and oxygen atoms in total. The minimum atomic E-state index is -1.40. The van der Waals surface area contributed by atoms with Crippen LogP contribution in [0.4, 0.5) is 0 Å². The smallest absolute Gasteiger partial charge is 0.328 e. The molecule has 1 N–H and O–H groups in total. The molecule has 160 valence electrons. The van der Waals surface area contributed by atoms with E-state index in [2.05, 4.69) is 35.6 Å². The monoisotopic (exact) mass is 407 g/mol. The fourth-order valence-electron chi connectivity index (χ4n) is 2.85. The summed E-state index contributed by atoms with van der Waals surface area (Å²) in [5.74, 6) is -5.46. The van der Waals surface area contributed by atoms with Crippen LogP contribution in [0.1, 0.15) is 43.6 Å². The molecule has 0 saturated heterocycles. The molecule has 0 aliphatic carbocycles. The van der Waals surface area contributed by atoms with E-state index in [0.29, 0.717) is 5.56 Å². The highest BCUT2D eigenvalue weighted by Gasteiger charge is 2.42. The van der Waals surface area contributed by atoms with Gasteiger partial charge in [-0.05, 0) is 23.1 Å². The van der Waals surface area contributed by atoms with Crippen LogP contribution in [0.5, 0.6) is 0 Å². The Kier molecular flexibility index (Phi) is 8.36. The molecule has 1 rings (SSSR count). The third-order valence-electron chi connectivity index (χ3n) is 4.72. The average Bonchev–Trinajstić information content (AvgIpc) is 2.70. The van der Waals surface area contributed by atoms with E-state index in [1.54, 1.807) is 12.1 Å². The van der Waals surface area contributed by atoms with Gasteiger partial charge in [-0.25, -0.2) is 4.79 Å². The molecule has 1 amide bonds. The second-order valence-electron chi connectivity index (χ2n) is 7.68. The molecule has 0 radical (unpaired) electrons. The summed E-state index contributed by atoms with van der Waals surface area (Å²) < 4.78 is 14.1. The zero-order valence-electron chi connectivity index (χ0n) is 17.9. The van der Waals surface area contributed by atoms with Gasteiger partial charge in [0.25, 0.3) is 5.91 Å². The summed E-state index contributed by atoms with van der Waals surface area (Å²) in [4.78, 5) is 49.1. The van der Waals surface area contributed by atoms with Gasteiger partial charge in [-0.2, -0.15) is 0 Å². The fraction of sp³-hybridized carbons (Fsp3) is 0.524. The van der Waals surface area contributed by atoms with Gasteiger partial charge in [0, 0.05) is 11.5 Å². The Hall–Kier alpha value is -2.90. The van der Waals surface area contributed by atoms with Gasteiger partial charge in [0.05, 0.1) is 21.3 Å². The number of rotatable bonds is 7. The minimum Gasteiger partial charge on any atom is -0.468 e. The standard InChI is InChI=1S/C21H29NO7/c1-12(15(18(24)27-5)19(25)28-6)16(20(26)29-7)22-17(23)13-8-10-14(11-9-13)21(2,3)4/h8-12,15-16H,1-7H3,(H,22,23)/t12-,16-/m0/s1. The predicted octanol–water partition coefficient (Wildman–Crippen LogP) is 1.85. The SMILES string of the molecule is COC(=O)C(C(=O)OC)[C@H](C)[C@H](NC(=O)c1ccc(C(C)(C)C)cc1)C(=O)OC. The summed E-state index contributed by atoms with van der Waals surface area (Å²) >= 11 is 0. The minimum absolute atomic E-state index is 0.0771. The molecule has 0 fully saturated rings. The van der Waals surface area contributed by atoms with Gasteiger partial charge >= 0.3 is 17.9 Å². The molecular weight excluding hydrogens is 378 g/mol. The third kappa shape index (κ3) is 6.04. The van der Waals surface area contributed by atoms with Crippen molar-refractivity contribution in [2.75, 3.05) is 21.3 Å². The molecule has 1 aromatic carbocycles. The summed E-state index contributed by atoms with van der Waals surface area (Å²) in [5.41, 5.74) is 1.29. The highest BCUT2D eigenvalue weighted by Crippen LogP contribution is 2.23. The number of carbonyl (C=O) groups excluding carboxylic acids is 4. The van der Waals surface area contributed by atoms with Gasteiger partial charge in [0.15, 0.2) is 5.92 Å². The van der Waals surface area contributed by atoms with Crippen molar-refractivity contribution < 1.29 is 33.4 Å². The number of benzene rings is 1. The first-order chi connectivity index (χ1) is 13.5. The number of methoxy groups -OCH3 is 3. The van der Waals surface area contributed by atoms with Crippen molar-refractivity contribution in [2.45, 2.75) is 39.2 Å². The van der Waals surface area contributed by atoms with Crippen LogP contribution in [0.2, 0.25) is 0 Å². The van der Waals surface area contributed by atoms with Crippen molar-refractivity contribution in [3.8, 4) is 0 Å². The van der Waals surface area contributed by atoms with E-state index in [9.17, 15) is 19.2 Å². The van der Waals surface area contributed by atoms with Crippen LogP contribution < -0.4 is 5.32 Å². The van der Waals surface area contributed by atoms with Crippen molar-refractivity contribution in [3.63, 3.8) is 0 Å². The zero-order chi connectivity index (χ0) is 22.4. The van der Waals surface area contributed by atoms with Crippen LogP contribution in [-0.4, -0.2) is 51.2 Å². The third-order valence-corrected chi connectivity index (χ3v) is 4.72. The summed E-state index contributed by atoms with van der Waals surface area (Å²) in [7, 11) is 3.39. The lowest BCUT2D eigenvalue weighted by atomic mass is 9.86. The van der Waals surface area contributed by atoms with Crippen molar-refractivity contribution in [2.24, 2.45) is 11.8 Å². The highest BCUT2D eigenvalue weighted by atomic mass is 16.5. The maximum Gasteiger partial charge on any atom is 0.328 e. The summed E-state index contributed by atoms with van der Waals surface area (Å²) in [5, 5.41) is 2.55. The molecule has 0 unspecified atom stereocenters. The molecule has 8 heteroatoms. The molecule has 2 atom stereocenters. The van der Waals surface area contributed by atoms with Gasteiger partial charge in [0.1, 0.15) is 6.04 Å². The Morgan fingerprint density at radius 1 is 0.828 bits per heavy atom. The van der Waals surface area contributed by atoms with Gasteiger partial charge in [0.2, 0.25) is 0 Å². The average molecular weight is 407 g/mol. The number of hydrogen-bond acceptors (Lipinski definition) is 7. The van der Waals surface area contributed by atoms with Crippen molar-refractivity contribution in [1.82, 2.24) is 5.32 Å². The fourth-order valence-corrected chi connectivity index (χ4v) is 2.85. The summed E-state index contributed by atoms with van der Waals surface area (Å²) in [6, 6.07) is 5.69. The Morgan fingerprint density at radius 3 is 1.66 bits per heavy atom. The molecule has 29 heavy (non-hydrogen) atoms. The Morgan fingerprint density at radius 2 is 1.28 bits per heavy atom. The van der Waals surface area contributed by atoms with Crippen LogP contribution in [0, 0.1) is 11.8 Å². The molecule has 0 saturated carbocycles. The van der Waals surface area contributed by atoms with E-state index in [1.165, 1.54) is 6.92 Å². The van der Waals surface area contributed by atoms with Gasteiger partial charge < -0.3 is 19.5 Å². The quantitative estimate of drug-likeness (QED) is 0.417. The molecule has 0 spiro atoms.